The summed E-state index contributed by atoms with van der Waals surface area (Å²) in [6.45, 7) is 8.57. The van der Waals surface area contributed by atoms with Crippen molar-refractivity contribution >= 4 is 5.91 Å². The predicted molar refractivity (Wildman–Crippen MR) is 96.8 cm³/mol. The minimum Gasteiger partial charge on any atom is -0.480 e. The first-order valence-corrected chi connectivity index (χ1v) is 8.61. The van der Waals surface area contributed by atoms with Crippen LogP contribution < -0.4 is 4.74 Å². The number of likely N-dealkylation sites (N-methyl/N-ethyl adjacent to an activating group) is 1. The largest absolute Gasteiger partial charge is 0.480 e. The Balaban J connectivity index is 1.78. The molecule has 0 bridgehead atoms. The third-order valence-corrected chi connectivity index (χ3v) is 4.72. The lowest BCUT2D eigenvalue weighted by atomic mass is 10.0. The van der Waals surface area contributed by atoms with Gasteiger partial charge in [-0.2, -0.15) is 0 Å². The molecule has 2 heterocycles. The highest BCUT2D eigenvalue weighted by molar-refractivity contribution is 5.95. The van der Waals surface area contributed by atoms with Crippen LogP contribution in [0.25, 0.3) is 11.1 Å². The minimum atomic E-state index is 0.0929. The SMILES string of the molecule is CCN1CCN(C(=O)c2ccc(-c3c(C)ncnc3OC)cc2)CC1. The number of rotatable bonds is 4. The average molecular weight is 340 g/mol. The van der Waals surface area contributed by atoms with Crippen molar-refractivity contribution in [1.82, 2.24) is 19.8 Å². The van der Waals surface area contributed by atoms with Gasteiger partial charge in [0.05, 0.1) is 18.4 Å². The van der Waals surface area contributed by atoms with Crippen molar-refractivity contribution in [3.8, 4) is 17.0 Å². The van der Waals surface area contributed by atoms with E-state index in [-0.39, 0.29) is 5.91 Å². The van der Waals surface area contributed by atoms with Crippen LogP contribution in [0.5, 0.6) is 5.88 Å². The molecule has 6 heteroatoms. The van der Waals surface area contributed by atoms with Gasteiger partial charge in [-0.3, -0.25) is 4.79 Å². The summed E-state index contributed by atoms with van der Waals surface area (Å²) in [4.78, 5) is 25.4. The van der Waals surface area contributed by atoms with Gasteiger partial charge >= 0.3 is 0 Å². The number of methoxy groups -OCH3 is 1. The molecule has 1 amide bonds. The molecule has 1 aromatic heterocycles. The summed E-state index contributed by atoms with van der Waals surface area (Å²) in [5.41, 5.74) is 3.37. The van der Waals surface area contributed by atoms with Crippen molar-refractivity contribution in [2.75, 3.05) is 39.8 Å². The maximum absolute atomic E-state index is 12.7. The van der Waals surface area contributed by atoms with Crippen LogP contribution >= 0.6 is 0 Å². The summed E-state index contributed by atoms with van der Waals surface area (Å²) in [5, 5.41) is 0. The highest BCUT2D eigenvalue weighted by atomic mass is 16.5. The second kappa shape index (κ2) is 7.61. The molecule has 0 N–H and O–H groups in total. The number of carbonyl (C=O) groups excluding carboxylic acids is 1. The summed E-state index contributed by atoms with van der Waals surface area (Å²) < 4.78 is 5.34. The Morgan fingerprint density at radius 3 is 2.40 bits per heavy atom. The maximum Gasteiger partial charge on any atom is 0.253 e. The molecule has 1 fully saturated rings. The highest BCUT2D eigenvalue weighted by Gasteiger charge is 2.21. The lowest BCUT2D eigenvalue weighted by Crippen LogP contribution is -2.48. The van der Waals surface area contributed by atoms with Gasteiger partial charge in [-0.15, -0.1) is 0 Å². The number of carbonyl (C=O) groups is 1. The van der Waals surface area contributed by atoms with Gasteiger partial charge in [0.2, 0.25) is 5.88 Å². The molecule has 2 aromatic rings. The standard InChI is InChI=1S/C19H24N4O2/c1-4-22-9-11-23(12-10-22)19(24)16-7-5-15(6-8-16)17-14(2)20-13-21-18(17)25-3/h5-8,13H,4,9-12H2,1-3H3. The first-order chi connectivity index (χ1) is 12.1. The van der Waals surface area contributed by atoms with E-state index in [0.717, 1.165) is 49.5 Å². The second-order valence-electron chi connectivity index (χ2n) is 6.15. The smallest absolute Gasteiger partial charge is 0.253 e. The lowest BCUT2D eigenvalue weighted by Gasteiger charge is -2.34. The summed E-state index contributed by atoms with van der Waals surface area (Å²) in [7, 11) is 1.60. The van der Waals surface area contributed by atoms with E-state index in [0.29, 0.717) is 11.4 Å². The molecule has 1 aliphatic heterocycles. The van der Waals surface area contributed by atoms with Gasteiger partial charge in [-0.05, 0) is 31.2 Å². The molecule has 132 valence electrons. The third kappa shape index (κ3) is 3.64. The summed E-state index contributed by atoms with van der Waals surface area (Å²) >= 11 is 0. The summed E-state index contributed by atoms with van der Waals surface area (Å²) in [5.74, 6) is 0.637. The number of hydrogen-bond acceptors (Lipinski definition) is 5. The van der Waals surface area contributed by atoms with E-state index in [1.807, 2.05) is 36.1 Å². The Bertz CT molecular complexity index is 738. The van der Waals surface area contributed by atoms with Crippen LogP contribution in [-0.4, -0.2) is 65.5 Å². The molecule has 1 aromatic carbocycles. The van der Waals surface area contributed by atoms with Crippen LogP contribution in [0.4, 0.5) is 0 Å². The molecule has 0 radical (unpaired) electrons. The van der Waals surface area contributed by atoms with Gasteiger partial charge in [0.1, 0.15) is 6.33 Å². The predicted octanol–water partition coefficient (Wildman–Crippen LogP) is 2.24. The first kappa shape index (κ1) is 17.4. The van der Waals surface area contributed by atoms with Crippen LogP contribution in [0.15, 0.2) is 30.6 Å². The number of nitrogens with zero attached hydrogens (tertiary/aromatic N) is 4. The number of aryl methyl sites for hydroxylation is 1. The fourth-order valence-corrected chi connectivity index (χ4v) is 3.17. The van der Waals surface area contributed by atoms with Crippen molar-refractivity contribution in [2.45, 2.75) is 13.8 Å². The van der Waals surface area contributed by atoms with E-state index >= 15 is 0 Å². The Morgan fingerprint density at radius 1 is 1.12 bits per heavy atom. The molecular weight excluding hydrogens is 316 g/mol. The zero-order chi connectivity index (χ0) is 17.8. The summed E-state index contributed by atoms with van der Waals surface area (Å²) in [6.07, 6.45) is 1.49. The molecule has 0 atom stereocenters. The number of benzene rings is 1. The maximum atomic E-state index is 12.7. The number of piperazine rings is 1. The number of amides is 1. The van der Waals surface area contributed by atoms with E-state index < -0.39 is 0 Å². The lowest BCUT2D eigenvalue weighted by molar-refractivity contribution is 0.0643. The van der Waals surface area contributed by atoms with Crippen molar-refractivity contribution in [1.29, 1.82) is 0 Å². The van der Waals surface area contributed by atoms with E-state index in [1.165, 1.54) is 6.33 Å². The topological polar surface area (TPSA) is 58.6 Å². The number of hydrogen-bond donors (Lipinski definition) is 0. The molecule has 0 unspecified atom stereocenters. The Kier molecular flexibility index (Phi) is 5.28. The van der Waals surface area contributed by atoms with Crippen molar-refractivity contribution in [2.24, 2.45) is 0 Å². The van der Waals surface area contributed by atoms with Gasteiger partial charge in [0, 0.05) is 31.7 Å². The van der Waals surface area contributed by atoms with Gasteiger partial charge in [-0.25, -0.2) is 9.97 Å². The highest BCUT2D eigenvalue weighted by Crippen LogP contribution is 2.30. The Morgan fingerprint density at radius 2 is 1.80 bits per heavy atom. The van der Waals surface area contributed by atoms with Gasteiger partial charge in [0.25, 0.3) is 5.91 Å². The fourth-order valence-electron chi connectivity index (χ4n) is 3.17. The van der Waals surface area contributed by atoms with Gasteiger partial charge < -0.3 is 14.5 Å². The summed E-state index contributed by atoms with van der Waals surface area (Å²) in [6, 6.07) is 7.61. The molecule has 1 saturated heterocycles. The number of ether oxygens (including phenoxy) is 1. The quantitative estimate of drug-likeness (QED) is 0.854. The van der Waals surface area contributed by atoms with Crippen molar-refractivity contribution < 1.29 is 9.53 Å². The second-order valence-corrected chi connectivity index (χ2v) is 6.15. The molecule has 0 saturated carbocycles. The van der Waals surface area contributed by atoms with Gasteiger partial charge in [-0.1, -0.05) is 19.1 Å². The Hall–Kier alpha value is -2.47. The fraction of sp³-hybridized carbons (Fsp3) is 0.421. The van der Waals surface area contributed by atoms with Crippen LogP contribution in [0.2, 0.25) is 0 Å². The van der Waals surface area contributed by atoms with E-state index in [2.05, 4.69) is 21.8 Å². The van der Waals surface area contributed by atoms with E-state index in [4.69, 9.17) is 4.74 Å². The van der Waals surface area contributed by atoms with Crippen molar-refractivity contribution in [3.63, 3.8) is 0 Å². The zero-order valence-corrected chi connectivity index (χ0v) is 15.0. The minimum absolute atomic E-state index is 0.0929. The molecule has 1 aliphatic rings. The van der Waals surface area contributed by atoms with Crippen LogP contribution in [0.3, 0.4) is 0 Å². The van der Waals surface area contributed by atoms with E-state index in [1.54, 1.807) is 7.11 Å². The zero-order valence-electron chi connectivity index (χ0n) is 15.0. The Labute approximate surface area is 148 Å². The average Bonchev–Trinajstić information content (AvgIpc) is 2.67. The molecule has 0 aliphatic carbocycles. The third-order valence-electron chi connectivity index (χ3n) is 4.72. The normalized spacial score (nSPS) is 15.2. The molecule has 25 heavy (non-hydrogen) atoms. The molecular formula is C19H24N4O2. The van der Waals surface area contributed by atoms with Crippen LogP contribution in [0.1, 0.15) is 23.0 Å². The molecule has 0 spiro atoms. The van der Waals surface area contributed by atoms with E-state index in [9.17, 15) is 4.79 Å². The van der Waals surface area contributed by atoms with Crippen molar-refractivity contribution in [3.05, 3.63) is 41.9 Å². The van der Waals surface area contributed by atoms with Crippen LogP contribution in [0, 0.1) is 6.92 Å². The molecule has 6 nitrogen and oxygen atoms in total. The van der Waals surface area contributed by atoms with Crippen LogP contribution in [-0.2, 0) is 0 Å². The van der Waals surface area contributed by atoms with Gasteiger partial charge in [0.15, 0.2) is 0 Å². The monoisotopic (exact) mass is 340 g/mol. The first-order valence-electron chi connectivity index (χ1n) is 8.61. The number of aromatic nitrogens is 2. The molecule has 3 rings (SSSR count).